The summed E-state index contributed by atoms with van der Waals surface area (Å²) in [5, 5.41) is 16.3. The number of aliphatic hydroxyl groups excluding tert-OH is 1. The van der Waals surface area contributed by atoms with Crippen molar-refractivity contribution in [2.24, 2.45) is 0 Å². The molecule has 0 bridgehead atoms. The first-order chi connectivity index (χ1) is 7.16. The highest BCUT2D eigenvalue weighted by Gasteiger charge is 2.03. The van der Waals surface area contributed by atoms with Crippen LogP contribution >= 0.6 is 0 Å². The van der Waals surface area contributed by atoms with Crippen LogP contribution in [0.1, 0.15) is 12.5 Å². The Morgan fingerprint density at radius 1 is 1.60 bits per heavy atom. The molecule has 5 heteroatoms. The van der Waals surface area contributed by atoms with Crippen LogP contribution in [0.15, 0.2) is 18.6 Å². The normalized spacial score (nSPS) is 12.2. The molecule has 2 rings (SSSR count). The number of rotatable bonds is 0. The van der Waals surface area contributed by atoms with Crippen LogP contribution in [0.25, 0.3) is 5.65 Å². The van der Waals surface area contributed by atoms with Crippen LogP contribution in [0.2, 0.25) is 0 Å². The molecule has 76 valence electrons. The summed E-state index contributed by atoms with van der Waals surface area (Å²) in [4.78, 5) is 0. The highest BCUT2D eigenvalue weighted by molar-refractivity contribution is 5.47. The predicted octanol–water partition coefficient (Wildman–Crippen LogP) is 0.601. The summed E-state index contributed by atoms with van der Waals surface area (Å²) in [6.45, 7) is 1.51. The molecular weight excluding hydrogens is 197 g/mol. The van der Waals surface area contributed by atoms with Gasteiger partial charge in [-0.2, -0.15) is 0 Å². The van der Waals surface area contributed by atoms with Crippen molar-refractivity contribution in [3.63, 3.8) is 0 Å². The molecule has 0 saturated carbocycles. The SMILES string of the molecule is C[C@H](O)C#Cc1cc2nncn2cc1F. The monoisotopic (exact) mass is 205 g/mol. The lowest BCUT2D eigenvalue weighted by atomic mass is 10.2. The van der Waals surface area contributed by atoms with Gasteiger partial charge in [0, 0.05) is 12.3 Å². The van der Waals surface area contributed by atoms with Crippen LogP contribution in [0, 0.1) is 17.7 Å². The van der Waals surface area contributed by atoms with E-state index in [4.69, 9.17) is 5.11 Å². The fraction of sp³-hybridized carbons (Fsp3) is 0.200. The largest absolute Gasteiger partial charge is 0.381 e. The predicted molar refractivity (Wildman–Crippen MR) is 51.5 cm³/mol. The maximum atomic E-state index is 13.4. The molecule has 0 unspecified atom stereocenters. The smallest absolute Gasteiger partial charge is 0.161 e. The van der Waals surface area contributed by atoms with E-state index in [1.54, 1.807) is 0 Å². The van der Waals surface area contributed by atoms with Gasteiger partial charge in [-0.3, -0.25) is 4.40 Å². The fourth-order valence-electron chi connectivity index (χ4n) is 1.12. The molecular formula is C10H8FN3O. The zero-order chi connectivity index (χ0) is 10.8. The van der Waals surface area contributed by atoms with E-state index in [-0.39, 0.29) is 5.56 Å². The van der Waals surface area contributed by atoms with Gasteiger partial charge in [-0.15, -0.1) is 10.2 Å². The molecule has 2 aromatic rings. The molecule has 0 aromatic carbocycles. The molecule has 1 atom stereocenters. The van der Waals surface area contributed by atoms with Crippen molar-refractivity contribution in [3.05, 3.63) is 30.0 Å². The summed E-state index contributed by atoms with van der Waals surface area (Å²) in [6.07, 6.45) is 1.88. The third-order valence-corrected chi connectivity index (χ3v) is 1.80. The average molecular weight is 205 g/mol. The Bertz CT molecular complexity index is 551. The molecule has 0 radical (unpaired) electrons. The van der Waals surface area contributed by atoms with Crippen LogP contribution in [0.5, 0.6) is 0 Å². The van der Waals surface area contributed by atoms with Gasteiger partial charge in [0.15, 0.2) is 11.5 Å². The molecule has 2 heterocycles. The van der Waals surface area contributed by atoms with E-state index in [9.17, 15) is 4.39 Å². The number of halogens is 1. The Balaban J connectivity index is 2.52. The number of aromatic nitrogens is 3. The number of pyridine rings is 1. The summed E-state index contributed by atoms with van der Waals surface area (Å²) in [5.74, 6) is 4.54. The van der Waals surface area contributed by atoms with Crippen molar-refractivity contribution < 1.29 is 9.50 Å². The van der Waals surface area contributed by atoms with Gasteiger partial charge in [-0.25, -0.2) is 4.39 Å². The molecule has 15 heavy (non-hydrogen) atoms. The Labute approximate surface area is 85.4 Å². The number of fused-ring (bicyclic) bond motifs is 1. The molecule has 2 aromatic heterocycles. The van der Waals surface area contributed by atoms with Gasteiger partial charge in [0.05, 0.1) is 5.56 Å². The lowest BCUT2D eigenvalue weighted by molar-refractivity contribution is 0.253. The Morgan fingerprint density at radius 2 is 2.40 bits per heavy atom. The first-order valence-electron chi connectivity index (χ1n) is 4.35. The van der Waals surface area contributed by atoms with Crippen molar-refractivity contribution in [3.8, 4) is 11.8 Å². The van der Waals surface area contributed by atoms with Crippen molar-refractivity contribution >= 4 is 5.65 Å². The van der Waals surface area contributed by atoms with Gasteiger partial charge in [0.2, 0.25) is 0 Å². The van der Waals surface area contributed by atoms with Crippen molar-refractivity contribution in [1.82, 2.24) is 14.6 Å². The van der Waals surface area contributed by atoms with E-state index in [0.29, 0.717) is 5.65 Å². The maximum Gasteiger partial charge on any atom is 0.161 e. The van der Waals surface area contributed by atoms with E-state index in [2.05, 4.69) is 22.0 Å². The fourth-order valence-corrected chi connectivity index (χ4v) is 1.12. The summed E-state index contributed by atoms with van der Waals surface area (Å²) >= 11 is 0. The molecule has 0 aliphatic rings. The van der Waals surface area contributed by atoms with E-state index in [0.717, 1.165) is 0 Å². The molecule has 0 amide bonds. The Kier molecular flexibility index (Phi) is 2.35. The van der Waals surface area contributed by atoms with E-state index >= 15 is 0 Å². The van der Waals surface area contributed by atoms with Crippen LogP contribution < -0.4 is 0 Å². The highest BCUT2D eigenvalue weighted by Crippen LogP contribution is 2.08. The molecule has 0 saturated heterocycles. The minimum Gasteiger partial charge on any atom is -0.381 e. The van der Waals surface area contributed by atoms with Crippen LogP contribution in [-0.4, -0.2) is 25.8 Å². The van der Waals surface area contributed by atoms with Crippen molar-refractivity contribution in [1.29, 1.82) is 0 Å². The van der Waals surface area contributed by atoms with Gasteiger partial charge in [-0.1, -0.05) is 11.8 Å². The molecule has 0 spiro atoms. The summed E-state index contributed by atoms with van der Waals surface area (Å²) in [6, 6.07) is 1.48. The maximum absolute atomic E-state index is 13.4. The van der Waals surface area contributed by atoms with E-state index in [1.165, 1.54) is 29.9 Å². The second kappa shape index (κ2) is 3.67. The first-order valence-corrected chi connectivity index (χ1v) is 4.35. The third-order valence-electron chi connectivity index (χ3n) is 1.80. The van der Waals surface area contributed by atoms with Gasteiger partial charge in [0.25, 0.3) is 0 Å². The quantitative estimate of drug-likeness (QED) is 0.641. The first kappa shape index (κ1) is 9.62. The van der Waals surface area contributed by atoms with Crippen molar-refractivity contribution in [2.45, 2.75) is 13.0 Å². The van der Waals surface area contributed by atoms with E-state index in [1.807, 2.05) is 0 Å². The molecule has 0 aliphatic heterocycles. The van der Waals surface area contributed by atoms with Crippen molar-refractivity contribution in [2.75, 3.05) is 0 Å². The average Bonchev–Trinajstić information content (AvgIpc) is 2.60. The molecule has 4 nitrogen and oxygen atoms in total. The van der Waals surface area contributed by atoms with E-state index < -0.39 is 11.9 Å². The minimum atomic E-state index is -0.779. The number of hydrogen-bond acceptors (Lipinski definition) is 3. The standard InChI is InChI=1S/C10H8FN3O/c1-7(15)2-3-8-4-10-13-12-6-14(10)5-9(8)11/h4-7,15H,1H3/t7-/m0/s1. The summed E-state index contributed by atoms with van der Waals surface area (Å²) < 4.78 is 14.8. The number of hydrogen-bond donors (Lipinski definition) is 1. The number of aliphatic hydroxyl groups is 1. The lowest BCUT2D eigenvalue weighted by Gasteiger charge is -1.96. The van der Waals surface area contributed by atoms with Crippen LogP contribution in [0.3, 0.4) is 0 Å². The highest BCUT2D eigenvalue weighted by atomic mass is 19.1. The van der Waals surface area contributed by atoms with Gasteiger partial charge in [0.1, 0.15) is 12.4 Å². The topological polar surface area (TPSA) is 50.4 Å². The second-order valence-electron chi connectivity index (χ2n) is 3.08. The molecule has 1 N–H and O–H groups in total. The van der Waals surface area contributed by atoms with Gasteiger partial charge < -0.3 is 5.11 Å². The number of nitrogens with zero attached hydrogens (tertiary/aromatic N) is 3. The second-order valence-corrected chi connectivity index (χ2v) is 3.08. The Hall–Kier alpha value is -1.93. The van der Waals surface area contributed by atoms with Crippen LogP contribution in [0.4, 0.5) is 4.39 Å². The van der Waals surface area contributed by atoms with Gasteiger partial charge >= 0.3 is 0 Å². The Morgan fingerprint density at radius 3 is 3.13 bits per heavy atom. The molecule has 0 aliphatic carbocycles. The zero-order valence-electron chi connectivity index (χ0n) is 7.98. The lowest BCUT2D eigenvalue weighted by Crippen LogP contribution is -1.95. The third kappa shape index (κ3) is 1.95. The molecule has 0 fully saturated rings. The minimum absolute atomic E-state index is 0.205. The zero-order valence-corrected chi connectivity index (χ0v) is 7.98. The van der Waals surface area contributed by atoms with Crippen LogP contribution in [-0.2, 0) is 0 Å². The van der Waals surface area contributed by atoms with Gasteiger partial charge in [-0.05, 0) is 6.92 Å². The summed E-state index contributed by atoms with van der Waals surface area (Å²) in [7, 11) is 0. The summed E-state index contributed by atoms with van der Waals surface area (Å²) in [5.41, 5.74) is 0.725.